The number of carboxylic acids is 1. The second-order valence-electron chi connectivity index (χ2n) is 5.61. The van der Waals surface area contributed by atoms with Crippen LogP contribution in [0.25, 0.3) is 0 Å². The smallest absolute Gasteiger partial charge is 0.339 e. The molecular weight excluding hydrogens is 292 g/mol. The van der Waals surface area contributed by atoms with Gasteiger partial charge in [0.05, 0.1) is 0 Å². The van der Waals surface area contributed by atoms with Crippen molar-refractivity contribution in [1.29, 1.82) is 0 Å². The Labute approximate surface area is 136 Å². The molecule has 0 aromatic heterocycles. The molecule has 122 valence electrons. The maximum Gasteiger partial charge on any atom is 0.339 e. The van der Waals surface area contributed by atoms with Gasteiger partial charge in [-0.1, -0.05) is 30.3 Å². The molecule has 0 radical (unpaired) electrons. The van der Waals surface area contributed by atoms with Gasteiger partial charge in [0, 0.05) is 6.61 Å². The summed E-state index contributed by atoms with van der Waals surface area (Å²) in [5.74, 6) is -1.32. The van der Waals surface area contributed by atoms with Crippen molar-refractivity contribution in [3.05, 3.63) is 64.7 Å². The highest BCUT2D eigenvalue weighted by Crippen LogP contribution is 2.20. The van der Waals surface area contributed by atoms with Crippen LogP contribution < -0.4 is 0 Å². The van der Waals surface area contributed by atoms with Crippen molar-refractivity contribution in [2.45, 2.75) is 32.1 Å². The molecule has 0 heterocycles. The van der Waals surface area contributed by atoms with E-state index in [0.29, 0.717) is 0 Å². The number of aliphatic hydroxyl groups excluding tert-OH is 1. The van der Waals surface area contributed by atoms with E-state index in [9.17, 15) is 9.90 Å². The third-order valence-corrected chi connectivity index (χ3v) is 3.95. The highest BCUT2D eigenvalue weighted by atomic mass is 16.4. The van der Waals surface area contributed by atoms with Gasteiger partial charge in [-0.05, 0) is 60.9 Å². The van der Waals surface area contributed by atoms with Crippen LogP contribution in [-0.2, 0) is 19.3 Å². The van der Waals surface area contributed by atoms with Crippen molar-refractivity contribution in [2.24, 2.45) is 0 Å². The molecule has 0 aliphatic carbocycles. The van der Waals surface area contributed by atoms with E-state index in [4.69, 9.17) is 10.2 Å². The lowest BCUT2D eigenvalue weighted by molar-refractivity contribution is 0.0693. The van der Waals surface area contributed by atoms with Crippen LogP contribution in [0.4, 0.5) is 0 Å². The Morgan fingerprint density at radius 2 is 1.61 bits per heavy atom. The van der Waals surface area contributed by atoms with Crippen molar-refractivity contribution in [3.63, 3.8) is 0 Å². The Morgan fingerprint density at radius 1 is 0.913 bits per heavy atom. The molecule has 4 nitrogen and oxygen atoms in total. The van der Waals surface area contributed by atoms with E-state index >= 15 is 0 Å². The lowest BCUT2D eigenvalue weighted by Gasteiger charge is -2.10. The molecule has 0 unspecified atom stereocenters. The van der Waals surface area contributed by atoms with Gasteiger partial charge in [-0.3, -0.25) is 0 Å². The predicted octanol–water partition coefficient (Wildman–Crippen LogP) is 3.19. The lowest BCUT2D eigenvalue weighted by Crippen LogP contribution is -2.01. The molecule has 0 bridgehead atoms. The molecular formula is C19H22O4. The molecule has 23 heavy (non-hydrogen) atoms. The van der Waals surface area contributed by atoms with Crippen LogP contribution >= 0.6 is 0 Å². The Hall–Kier alpha value is -2.33. The molecule has 2 rings (SSSR count). The molecule has 0 saturated carbocycles. The Kier molecular flexibility index (Phi) is 6.18. The van der Waals surface area contributed by atoms with Gasteiger partial charge in [-0.15, -0.1) is 0 Å². The van der Waals surface area contributed by atoms with Gasteiger partial charge in [0.25, 0.3) is 0 Å². The number of rotatable bonds is 8. The van der Waals surface area contributed by atoms with Gasteiger partial charge in [-0.25, -0.2) is 4.79 Å². The van der Waals surface area contributed by atoms with Gasteiger partial charge in [0.2, 0.25) is 0 Å². The molecule has 0 saturated heterocycles. The largest absolute Gasteiger partial charge is 0.507 e. The molecule has 0 aliphatic heterocycles. The second kappa shape index (κ2) is 8.34. The molecule has 2 aromatic rings. The summed E-state index contributed by atoms with van der Waals surface area (Å²) in [5, 5.41) is 27.5. The number of carbonyl (C=O) groups is 1. The van der Waals surface area contributed by atoms with Crippen LogP contribution in [0.15, 0.2) is 42.5 Å². The van der Waals surface area contributed by atoms with E-state index in [1.807, 2.05) is 12.1 Å². The number of unbranched alkanes of at least 4 members (excludes halogenated alkanes) is 1. The minimum atomic E-state index is -1.12. The zero-order chi connectivity index (χ0) is 16.7. The lowest BCUT2D eigenvalue weighted by atomic mass is 9.96. The summed E-state index contributed by atoms with van der Waals surface area (Å²) in [6.07, 6.45) is 4.23. The number of aliphatic hydroxyl groups is 1. The number of hydrogen-bond donors (Lipinski definition) is 3. The second-order valence-corrected chi connectivity index (χ2v) is 5.61. The van der Waals surface area contributed by atoms with Crippen LogP contribution in [0.1, 0.15) is 39.9 Å². The number of phenols is 1. The number of benzene rings is 2. The first-order valence-electron chi connectivity index (χ1n) is 7.84. The molecule has 4 heteroatoms. The summed E-state index contributed by atoms with van der Waals surface area (Å²) in [4.78, 5) is 11.1. The molecule has 0 atom stereocenters. The molecule has 0 fully saturated rings. The summed E-state index contributed by atoms with van der Waals surface area (Å²) in [6, 6.07) is 12.9. The fraction of sp³-hybridized carbons (Fsp3) is 0.316. The number of aromatic hydroxyl groups is 1. The molecule has 0 amide bonds. The Bertz CT molecular complexity index is 664. The minimum Gasteiger partial charge on any atom is -0.507 e. The van der Waals surface area contributed by atoms with Crippen LogP contribution in [0.3, 0.4) is 0 Å². The highest BCUT2D eigenvalue weighted by molar-refractivity contribution is 5.90. The van der Waals surface area contributed by atoms with E-state index in [0.717, 1.165) is 37.7 Å². The molecule has 0 spiro atoms. The number of aromatic carboxylic acids is 1. The van der Waals surface area contributed by atoms with E-state index in [-0.39, 0.29) is 17.9 Å². The quantitative estimate of drug-likeness (QED) is 0.654. The summed E-state index contributed by atoms with van der Waals surface area (Å²) in [7, 11) is 0. The first kappa shape index (κ1) is 17.0. The molecule has 3 N–H and O–H groups in total. The molecule has 0 aliphatic rings. The summed E-state index contributed by atoms with van der Waals surface area (Å²) in [6.45, 7) is 0.216. The van der Waals surface area contributed by atoms with Crippen molar-refractivity contribution >= 4 is 5.97 Å². The van der Waals surface area contributed by atoms with Gasteiger partial charge < -0.3 is 15.3 Å². The number of aryl methyl sites for hydroxylation is 3. The summed E-state index contributed by atoms with van der Waals surface area (Å²) >= 11 is 0. The van der Waals surface area contributed by atoms with Gasteiger partial charge >= 0.3 is 5.97 Å². The predicted molar refractivity (Wildman–Crippen MR) is 88.9 cm³/mol. The van der Waals surface area contributed by atoms with Gasteiger partial charge in [0.1, 0.15) is 11.3 Å². The van der Waals surface area contributed by atoms with Crippen LogP contribution in [0.5, 0.6) is 5.75 Å². The van der Waals surface area contributed by atoms with Crippen molar-refractivity contribution in [2.75, 3.05) is 6.61 Å². The van der Waals surface area contributed by atoms with Crippen LogP contribution in [0.2, 0.25) is 0 Å². The monoisotopic (exact) mass is 314 g/mol. The van der Waals surface area contributed by atoms with E-state index < -0.39 is 5.97 Å². The SMILES string of the molecule is O=C(O)c1cc(CCc2ccccc2CCCCO)ccc1O. The highest BCUT2D eigenvalue weighted by Gasteiger charge is 2.10. The first-order chi connectivity index (χ1) is 11.1. The normalized spacial score (nSPS) is 10.7. The summed E-state index contributed by atoms with van der Waals surface area (Å²) in [5.41, 5.74) is 3.36. The zero-order valence-electron chi connectivity index (χ0n) is 13.0. The maximum absolute atomic E-state index is 11.1. The van der Waals surface area contributed by atoms with E-state index in [2.05, 4.69) is 12.1 Å². The van der Waals surface area contributed by atoms with Crippen molar-refractivity contribution in [3.8, 4) is 5.75 Å². The molecule has 2 aromatic carbocycles. The van der Waals surface area contributed by atoms with Gasteiger partial charge in [-0.2, -0.15) is 0 Å². The average Bonchev–Trinajstić information content (AvgIpc) is 2.55. The fourth-order valence-corrected chi connectivity index (χ4v) is 2.66. The van der Waals surface area contributed by atoms with Crippen molar-refractivity contribution in [1.82, 2.24) is 0 Å². The Balaban J connectivity index is 2.06. The standard InChI is InChI=1S/C19H22O4/c20-12-4-3-7-15-5-1-2-6-16(15)10-8-14-9-11-18(21)17(13-14)19(22)23/h1-2,5-6,9,11,13,20-21H,3-4,7-8,10,12H2,(H,22,23). The zero-order valence-corrected chi connectivity index (χ0v) is 13.0. The number of hydrogen-bond acceptors (Lipinski definition) is 3. The first-order valence-corrected chi connectivity index (χ1v) is 7.84. The fourth-order valence-electron chi connectivity index (χ4n) is 2.66. The number of carboxylic acid groups (broad SMARTS) is 1. The maximum atomic E-state index is 11.1. The van der Waals surface area contributed by atoms with Gasteiger partial charge in [0.15, 0.2) is 0 Å². The Morgan fingerprint density at radius 3 is 2.26 bits per heavy atom. The van der Waals surface area contributed by atoms with Crippen LogP contribution in [-0.4, -0.2) is 27.9 Å². The third kappa shape index (κ3) is 4.83. The summed E-state index contributed by atoms with van der Waals surface area (Å²) < 4.78 is 0. The minimum absolute atomic E-state index is 0.0567. The van der Waals surface area contributed by atoms with E-state index in [1.54, 1.807) is 6.07 Å². The van der Waals surface area contributed by atoms with Crippen LogP contribution in [0, 0.1) is 0 Å². The van der Waals surface area contributed by atoms with Crippen molar-refractivity contribution < 1.29 is 20.1 Å². The average molecular weight is 314 g/mol. The third-order valence-electron chi connectivity index (χ3n) is 3.95. The van der Waals surface area contributed by atoms with E-state index in [1.165, 1.54) is 23.3 Å². The topological polar surface area (TPSA) is 77.8 Å².